The lowest BCUT2D eigenvalue weighted by atomic mass is 10.2. The van der Waals surface area contributed by atoms with Crippen LogP contribution in [0.5, 0.6) is 0 Å². The van der Waals surface area contributed by atoms with Crippen molar-refractivity contribution in [1.29, 1.82) is 0 Å². The Morgan fingerprint density at radius 3 is 2.57 bits per heavy atom. The number of halogens is 2. The Kier molecular flexibility index (Phi) is 6.24. The Morgan fingerprint density at radius 1 is 1.26 bits per heavy atom. The van der Waals surface area contributed by atoms with Gasteiger partial charge in [-0.05, 0) is 24.6 Å². The topological polar surface area (TPSA) is 80.0 Å². The standard InChI is InChI=1S/C15H18Cl2N4O2/c1-9(2)14-20-13(23-21-14)4-3-5-18-15(22)19-12-7-10(16)6-11(17)8-12/h6-9H,3-5H2,1-2H3,(H2,18,19,22). The van der Waals surface area contributed by atoms with E-state index in [2.05, 4.69) is 20.8 Å². The minimum absolute atomic E-state index is 0.237. The van der Waals surface area contributed by atoms with Crippen molar-refractivity contribution < 1.29 is 9.32 Å². The van der Waals surface area contributed by atoms with E-state index in [1.165, 1.54) is 0 Å². The molecule has 2 amide bonds. The number of rotatable bonds is 6. The van der Waals surface area contributed by atoms with E-state index in [0.717, 1.165) is 0 Å². The van der Waals surface area contributed by atoms with Gasteiger partial charge in [0.2, 0.25) is 5.89 Å². The molecule has 0 spiro atoms. The van der Waals surface area contributed by atoms with Gasteiger partial charge in [-0.15, -0.1) is 0 Å². The second kappa shape index (κ2) is 8.17. The van der Waals surface area contributed by atoms with Crippen LogP contribution >= 0.6 is 23.2 Å². The van der Waals surface area contributed by atoms with Crippen LogP contribution in [0.25, 0.3) is 0 Å². The van der Waals surface area contributed by atoms with Gasteiger partial charge in [0, 0.05) is 34.6 Å². The highest BCUT2D eigenvalue weighted by molar-refractivity contribution is 6.35. The van der Waals surface area contributed by atoms with Crippen LogP contribution in [0, 0.1) is 0 Å². The van der Waals surface area contributed by atoms with Crippen molar-refractivity contribution in [2.45, 2.75) is 32.6 Å². The Bertz CT molecular complexity index is 653. The summed E-state index contributed by atoms with van der Waals surface area (Å²) in [7, 11) is 0. The summed E-state index contributed by atoms with van der Waals surface area (Å²) in [6.45, 7) is 4.49. The fourth-order valence-electron chi connectivity index (χ4n) is 1.85. The maximum absolute atomic E-state index is 11.8. The van der Waals surface area contributed by atoms with Gasteiger partial charge in [-0.3, -0.25) is 0 Å². The Hall–Kier alpha value is -1.79. The molecule has 0 aliphatic heterocycles. The molecule has 0 saturated heterocycles. The van der Waals surface area contributed by atoms with Crippen LogP contribution in [0.4, 0.5) is 10.5 Å². The van der Waals surface area contributed by atoms with Crippen LogP contribution < -0.4 is 10.6 Å². The SMILES string of the molecule is CC(C)c1noc(CCCNC(=O)Nc2cc(Cl)cc(Cl)c2)n1. The minimum atomic E-state index is -0.322. The summed E-state index contributed by atoms with van der Waals surface area (Å²) < 4.78 is 5.14. The van der Waals surface area contributed by atoms with Gasteiger partial charge in [-0.25, -0.2) is 4.79 Å². The first kappa shape index (κ1) is 17.6. The minimum Gasteiger partial charge on any atom is -0.339 e. The normalized spacial score (nSPS) is 10.8. The molecule has 1 aromatic carbocycles. The molecule has 0 fully saturated rings. The summed E-state index contributed by atoms with van der Waals surface area (Å²) in [5.41, 5.74) is 0.540. The molecule has 0 radical (unpaired) electrons. The smallest absolute Gasteiger partial charge is 0.319 e. The average Bonchev–Trinajstić information content (AvgIpc) is 2.91. The van der Waals surface area contributed by atoms with Gasteiger partial charge in [-0.2, -0.15) is 4.98 Å². The fourth-order valence-corrected chi connectivity index (χ4v) is 2.37. The van der Waals surface area contributed by atoms with Crippen LogP contribution in [0.1, 0.15) is 37.9 Å². The molecule has 0 unspecified atom stereocenters. The van der Waals surface area contributed by atoms with Crippen molar-refractivity contribution >= 4 is 34.9 Å². The number of carbonyl (C=O) groups is 1. The largest absolute Gasteiger partial charge is 0.339 e. The van der Waals surface area contributed by atoms with Crippen LogP contribution in [-0.4, -0.2) is 22.7 Å². The quantitative estimate of drug-likeness (QED) is 0.758. The molecule has 2 rings (SSSR count). The average molecular weight is 357 g/mol. The first-order valence-corrected chi connectivity index (χ1v) is 8.03. The predicted octanol–water partition coefficient (Wildman–Crippen LogP) is 4.25. The predicted molar refractivity (Wildman–Crippen MR) is 90.2 cm³/mol. The van der Waals surface area contributed by atoms with E-state index in [1.807, 2.05) is 13.8 Å². The van der Waals surface area contributed by atoms with Crippen LogP contribution in [0.15, 0.2) is 22.7 Å². The third-order valence-corrected chi connectivity index (χ3v) is 3.41. The summed E-state index contributed by atoms with van der Waals surface area (Å²) in [5.74, 6) is 1.52. The molecular weight excluding hydrogens is 339 g/mol. The highest BCUT2D eigenvalue weighted by Crippen LogP contribution is 2.22. The van der Waals surface area contributed by atoms with Gasteiger partial charge in [0.25, 0.3) is 0 Å². The number of aryl methyl sites for hydroxylation is 1. The molecule has 23 heavy (non-hydrogen) atoms. The molecular formula is C15H18Cl2N4O2. The van der Waals surface area contributed by atoms with Crippen molar-refractivity contribution in [3.63, 3.8) is 0 Å². The third-order valence-electron chi connectivity index (χ3n) is 2.97. The summed E-state index contributed by atoms with van der Waals surface area (Å²) in [5, 5.41) is 10.2. The Balaban J connectivity index is 1.72. The van der Waals surface area contributed by atoms with Gasteiger partial charge < -0.3 is 15.2 Å². The molecule has 2 N–H and O–H groups in total. The molecule has 124 valence electrons. The number of hydrogen-bond donors (Lipinski definition) is 2. The molecule has 1 aromatic heterocycles. The van der Waals surface area contributed by atoms with Gasteiger partial charge in [-0.1, -0.05) is 42.2 Å². The van der Waals surface area contributed by atoms with E-state index >= 15 is 0 Å². The molecule has 6 nitrogen and oxygen atoms in total. The van der Waals surface area contributed by atoms with E-state index in [4.69, 9.17) is 27.7 Å². The number of nitrogens with one attached hydrogen (secondary N) is 2. The zero-order valence-corrected chi connectivity index (χ0v) is 14.4. The lowest BCUT2D eigenvalue weighted by Crippen LogP contribution is -2.29. The van der Waals surface area contributed by atoms with Gasteiger partial charge >= 0.3 is 6.03 Å². The molecule has 1 heterocycles. The van der Waals surface area contributed by atoms with Gasteiger partial charge in [0.05, 0.1) is 0 Å². The maximum Gasteiger partial charge on any atom is 0.319 e. The van der Waals surface area contributed by atoms with Crippen LogP contribution in [-0.2, 0) is 6.42 Å². The van der Waals surface area contributed by atoms with E-state index in [1.54, 1.807) is 18.2 Å². The van der Waals surface area contributed by atoms with E-state index in [9.17, 15) is 4.79 Å². The first-order valence-electron chi connectivity index (χ1n) is 7.27. The molecule has 0 aliphatic rings. The van der Waals surface area contributed by atoms with Gasteiger partial charge in [0.1, 0.15) is 0 Å². The van der Waals surface area contributed by atoms with E-state index in [0.29, 0.717) is 46.8 Å². The summed E-state index contributed by atoms with van der Waals surface area (Å²) >= 11 is 11.7. The number of hydrogen-bond acceptors (Lipinski definition) is 4. The van der Waals surface area contributed by atoms with Crippen molar-refractivity contribution in [1.82, 2.24) is 15.5 Å². The lowest BCUT2D eigenvalue weighted by Gasteiger charge is -2.07. The second-order valence-corrected chi connectivity index (χ2v) is 6.22. The number of aromatic nitrogens is 2. The van der Waals surface area contributed by atoms with Crippen molar-refractivity contribution in [3.05, 3.63) is 40.0 Å². The maximum atomic E-state index is 11.8. The fraction of sp³-hybridized carbons (Fsp3) is 0.400. The van der Waals surface area contributed by atoms with E-state index < -0.39 is 0 Å². The highest BCUT2D eigenvalue weighted by atomic mass is 35.5. The molecule has 0 atom stereocenters. The number of urea groups is 1. The number of nitrogens with zero attached hydrogens (tertiary/aromatic N) is 2. The number of anilines is 1. The lowest BCUT2D eigenvalue weighted by molar-refractivity contribution is 0.252. The van der Waals surface area contributed by atoms with Gasteiger partial charge in [0.15, 0.2) is 5.82 Å². The zero-order valence-electron chi connectivity index (χ0n) is 12.9. The van der Waals surface area contributed by atoms with Crippen molar-refractivity contribution in [2.75, 3.05) is 11.9 Å². The third kappa shape index (κ3) is 5.73. The molecule has 0 saturated carbocycles. The molecule has 8 heteroatoms. The summed E-state index contributed by atoms with van der Waals surface area (Å²) in [6, 6.07) is 4.52. The Morgan fingerprint density at radius 2 is 1.96 bits per heavy atom. The van der Waals surface area contributed by atoms with Crippen LogP contribution in [0.2, 0.25) is 10.0 Å². The second-order valence-electron chi connectivity index (χ2n) is 5.34. The molecule has 0 bridgehead atoms. The Labute approximate surface area is 144 Å². The number of benzene rings is 1. The van der Waals surface area contributed by atoms with E-state index in [-0.39, 0.29) is 11.9 Å². The number of amides is 2. The van der Waals surface area contributed by atoms with Crippen molar-refractivity contribution in [3.8, 4) is 0 Å². The number of carbonyl (C=O) groups excluding carboxylic acids is 1. The molecule has 0 aliphatic carbocycles. The van der Waals surface area contributed by atoms with Crippen LogP contribution in [0.3, 0.4) is 0 Å². The summed E-state index contributed by atoms with van der Waals surface area (Å²) in [4.78, 5) is 16.1. The summed E-state index contributed by atoms with van der Waals surface area (Å²) in [6.07, 6.45) is 1.31. The zero-order chi connectivity index (χ0) is 16.8. The molecule has 2 aromatic rings. The van der Waals surface area contributed by atoms with Crippen molar-refractivity contribution in [2.24, 2.45) is 0 Å². The monoisotopic (exact) mass is 356 g/mol. The highest BCUT2D eigenvalue weighted by Gasteiger charge is 2.09. The first-order chi connectivity index (χ1) is 10.9.